The zero-order chi connectivity index (χ0) is 21.1. The Hall–Kier alpha value is -3.40. The summed E-state index contributed by atoms with van der Waals surface area (Å²) in [6.07, 6.45) is 1.72. The Kier molecular flexibility index (Phi) is 5.66. The molecule has 0 amide bonds. The average Bonchev–Trinajstić information content (AvgIpc) is 3.27. The van der Waals surface area contributed by atoms with Crippen molar-refractivity contribution in [3.05, 3.63) is 69.6 Å². The van der Waals surface area contributed by atoms with Gasteiger partial charge in [0.05, 0.1) is 31.0 Å². The Morgan fingerprint density at radius 1 is 1.03 bits per heavy atom. The average molecular weight is 434 g/mol. The molecule has 148 valence electrons. The largest absolute Gasteiger partial charge is 0.497 e. The van der Waals surface area contributed by atoms with E-state index in [-0.39, 0.29) is 0 Å². The third-order valence-corrected chi connectivity index (χ3v) is 5.72. The molecule has 4 aromatic rings. The zero-order valence-electron chi connectivity index (χ0n) is 16.2. The summed E-state index contributed by atoms with van der Waals surface area (Å²) in [5.41, 5.74) is 3.57. The second-order valence-corrected chi connectivity index (χ2v) is 7.58. The minimum Gasteiger partial charge on any atom is -0.497 e. The maximum atomic E-state index is 9.71. The van der Waals surface area contributed by atoms with Crippen molar-refractivity contribution < 1.29 is 9.47 Å². The van der Waals surface area contributed by atoms with E-state index in [0.717, 1.165) is 27.9 Å². The second-order valence-electron chi connectivity index (χ2n) is 6.36. The molecule has 0 N–H and O–H groups in total. The van der Waals surface area contributed by atoms with Crippen molar-refractivity contribution in [1.29, 1.82) is 5.26 Å². The normalized spacial score (nSPS) is 11.3. The van der Waals surface area contributed by atoms with Crippen LogP contribution >= 0.6 is 22.9 Å². The second kappa shape index (κ2) is 8.54. The Labute approximate surface area is 182 Å². The number of ether oxygens (including phenoxy) is 2. The van der Waals surface area contributed by atoms with Crippen molar-refractivity contribution in [2.45, 2.75) is 0 Å². The third-order valence-electron chi connectivity index (χ3n) is 4.55. The first-order valence-corrected chi connectivity index (χ1v) is 10.2. The van der Waals surface area contributed by atoms with Gasteiger partial charge in [0.1, 0.15) is 27.7 Å². The van der Waals surface area contributed by atoms with Gasteiger partial charge in [-0.15, -0.1) is 11.3 Å². The number of rotatable bonds is 5. The molecule has 2 aromatic heterocycles. The molecule has 0 aliphatic heterocycles. The first kappa shape index (κ1) is 19.9. The molecule has 0 aliphatic carbocycles. The molecule has 0 fully saturated rings. The molecule has 0 aliphatic rings. The molecule has 0 saturated heterocycles. The van der Waals surface area contributed by atoms with E-state index in [1.807, 2.05) is 53.9 Å². The van der Waals surface area contributed by atoms with Gasteiger partial charge in [0.15, 0.2) is 0 Å². The topological polar surface area (TPSA) is 68.0 Å². The van der Waals surface area contributed by atoms with E-state index < -0.39 is 0 Å². The fraction of sp³-hybridized carbons (Fsp3) is 0.0870. The number of hydrogen-bond acceptors (Lipinski definition) is 6. The van der Waals surface area contributed by atoms with E-state index in [9.17, 15) is 5.26 Å². The highest BCUT2D eigenvalue weighted by Gasteiger charge is 2.12. The van der Waals surface area contributed by atoms with Gasteiger partial charge in [-0.3, -0.25) is 0 Å². The number of allylic oxidation sites excluding steroid dienone is 1. The van der Waals surface area contributed by atoms with Crippen molar-refractivity contribution in [2.24, 2.45) is 0 Å². The highest BCUT2D eigenvalue weighted by molar-refractivity contribution is 7.11. The summed E-state index contributed by atoms with van der Waals surface area (Å²) in [7, 11) is 3.23. The molecule has 2 aromatic carbocycles. The summed E-state index contributed by atoms with van der Waals surface area (Å²) in [4.78, 5) is 9.06. The first-order valence-electron chi connectivity index (χ1n) is 8.97. The van der Waals surface area contributed by atoms with Gasteiger partial charge in [0.2, 0.25) is 0 Å². The molecular formula is C23H16ClN3O2S. The quantitative estimate of drug-likeness (QED) is 0.281. The van der Waals surface area contributed by atoms with E-state index in [4.69, 9.17) is 21.1 Å². The molecule has 0 radical (unpaired) electrons. The lowest BCUT2D eigenvalue weighted by atomic mass is 10.1. The maximum absolute atomic E-state index is 9.71. The Bertz CT molecular complexity index is 1290. The number of hydrogen-bond donors (Lipinski definition) is 0. The van der Waals surface area contributed by atoms with Gasteiger partial charge in [0, 0.05) is 28.0 Å². The van der Waals surface area contributed by atoms with Crippen LogP contribution in [0.5, 0.6) is 11.5 Å². The van der Waals surface area contributed by atoms with Crippen LogP contribution in [0.3, 0.4) is 0 Å². The molecule has 0 saturated carbocycles. The van der Waals surface area contributed by atoms with Gasteiger partial charge in [0.25, 0.3) is 0 Å². The van der Waals surface area contributed by atoms with Gasteiger partial charge >= 0.3 is 0 Å². The Morgan fingerprint density at radius 3 is 2.47 bits per heavy atom. The number of methoxy groups -OCH3 is 2. The molecule has 0 atom stereocenters. The Balaban J connectivity index is 1.69. The highest BCUT2D eigenvalue weighted by atomic mass is 35.5. The van der Waals surface area contributed by atoms with Crippen molar-refractivity contribution in [3.63, 3.8) is 0 Å². The molecule has 0 bridgehead atoms. The zero-order valence-corrected chi connectivity index (χ0v) is 17.8. The van der Waals surface area contributed by atoms with Crippen molar-refractivity contribution >= 4 is 45.5 Å². The van der Waals surface area contributed by atoms with Gasteiger partial charge in [-0.1, -0.05) is 11.6 Å². The van der Waals surface area contributed by atoms with Crippen molar-refractivity contribution in [1.82, 2.24) is 9.97 Å². The van der Waals surface area contributed by atoms with E-state index in [1.54, 1.807) is 20.3 Å². The predicted octanol–water partition coefficient (Wildman–Crippen LogP) is 6.09. The van der Waals surface area contributed by atoms with Gasteiger partial charge < -0.3 is 9.47 Å². The smallest absolute Gasteiger partial charge is 0.137 e. The molecule has 7 heteroatoms. The summed E-state index contributed by atoms with van der Waals surface area (Å²) in [6, 6.07) is 17.4. The number of aromatic nitrogens is 2. The summed E-state index contributed by atoms with van der Waals surface area (Å²) in [5.74, 6) is 1.49. The third kappa shape index (κ3) is 3.99. The lowest BCUT2D eigenvalue weighted by Crippen LogP contribution is -1.89. The molecular weight excluding hydrogens is 418 g/mol. The van der Waals surface area contributed by atoms with Crippen LogP contribution in [0.15, 0.2) is 53.9 Å². The first-order chi connectivity index (χ1) is 14.6. The minimum atomic E-state index is 0.315. The molecule has 0 spiro atoms. The van der Waals surface area contributed by atoms with E-state index >= 15 is 0 Å². The number of pyridine rings is 1. The van der Waals surface area contributed by atoms with Gasteiger partial charge in [-0.2, -0.15) is 5.26 Å². The van der Waals surface area contributed by atoms with Gasteiger partial charge in [-0.25, -0.2) is 9.97 Å². The lowest BCUT2D eigenvalue weighted by molar-refractivity contribution is 0.415. The molecule has 4 rings (SSSR count). The number of thiazole rings is 1. The maximum Gasteiger partial charge on any atom is 0.137 e. The van der Waals surface area contributed by atoms with Crippen LogP contribution in [-0.4, -0.2) is 24.2 Å². The van der Waals surface area contributed by atoms with Crippen LogP contribution < -0.4 is 9.47 Å². The summed E-state index contributed by atoms with van der Waals surface area (Å²) < 4.78 is 10.4. The lowest BCUT2D eigenvalue weighted by Gasteiger charge is -2.05. The monoisotopic (exact) mass is 433 g/mol. The molecule has 2 heterocycles. The van der Waals surface area contributed by atoms with Crippen LogP contribution in [0.1, 0.15) is 10.6 Å². The van der Waals surface area contributed by atoms with Crippen LogP contribution in [-0.2, 0) is 0 Å². The minimum absolute atomic E-state index is 0.315. The molecule has 30 heavy (non-hydrogen) atoms. The molecule has 0 unspecified atom stereocenters. The number of fused-ring (bicyclic) bond motifs is 1. The fourth-order valence-corrected chi connectivity index (χ4v) is 3.95. The van der Waals surface area contributed by atoms with Crippen LogP contribution in [0.25, 0.3) is 33.8 Å². The summed E-state index contributed by atoms with van der Waals surface area (Å²) in [6.45, 7) is 0. The van der Waals surface area contributed by atoms with Crippen molar-refractivity contribution in [2.75, 3.05) is 14.2 Å². The number of nitrogens with zero attached hydrogens (tertiary/aromatic N) is 3. The number of halogens is 1. The number of benzene rings is 2. The van der Waals surface area contributed by atoms with Crippen LogP contribution in [0, 0.1) is 11.3 Å². The highest BCUT2D eigenvalue weighted by Crippen LogP contribution is 2.30. The fourth-order valence-electron chi connectivity index (χ4n) is 2.96. The van der Waals surface area contributed by atoms with E-state index in [2.05, 4.69) is 16.0 Å². The molecule has 5 nitrogen and oxygen atoms in total. The summed E-state index contributed by atoms with van der Waals surface area (Å²) >= 11 is 7.79. The number of nitriles is 1. The van der Waals surface area contributed by atoms with Crippen molar-refractivity contribution in [3.8, 4) is 28.8 Å². The van der Waals surface area contributed by atoms with Crippen LogP contribution in [0.2, 0.25) is 5.15 Å². The van der Waals surface area contributed by atoms with E-state index in [0.29, 0.717) is 27.0 Å². The Morgan fingerprint density at radius 2 is 1.77 bits per heavy atom. The predicted molar refractivity (Wildman–Crippen MR) is 121 cm³/mol. The SMILES string of the molecule is COc1ccc(-c2csc(/C(C#N)=C/c3cc4ccc(OC)cc4nc3Cl)n2)cc1. The summed E-state index contributed by atoms with van der Waals surface area (Å²) in [5, 5.41) is 13.5. The van der Waals surface area contributed by atoms with Crippen LogP contribution in [0.4, 0.5) is 0 Å². The van der Waals surface area contributed by atoms with Gasteiger partial charge in [-0.05, 0) is 48.5 Å². The van der Waals surface area contributed by atoms with E-state index in [1.165, 1.54) is 11.3 Å². The standard InChI is InChI=1S/C23H16ClN3O2S/c1-28-18-6-3-14(4-7-18)21-13-30-23(27-21)17(12-25)10-16-9-15-5-8-19(29-2)11-20(15)26-22(16)24/h3-11,13H,1-2H3/b17-10+.